The fraction of sp³-hybridized carbons (Fsp3) is 0.583. The fourth-order valence-electron chi connectivity index (χ4n) is 2.83. The minimum atomic E-state index is -3.03. The first kappa shape index (κ1) is 11.7. The molecular weight excluding hydrogens is 248 g/mol. The van der Waals surface area contributed by atoms with Crippen molar-refractivity contribution in [1.82, 2.24) is 9.78 Å². The number of halogens is 4. The average molecular weight is 260 g/mol. The van der Waals surface area contributed by atoms with Crippen LogP contribution in [0.4, 0.5) is 17.6 Å². The van der Waals surface area contributed by atoms with Crippen molar-refractivity contribution in [3.8, 4) is 0 Å². The van der Waals surface area contributed by atoms with Crippen LogP contribution in [-0.4, -0.2) is 9.78 Å². The highest BCUT2D eigenvalue weighted by Crippen LogP contribution is 2.68. The number of allylic oxidation sites excluding steroid dienone is 1. The largest absolute Gasteiger partial charge is 0.293 e. The van der Waals surface area contributed by atoms with Crippen LogP contribution in [0.2, 0.25) is 0 Å². The molecule has 1 heterocycles. The molecule has 0 radical (unpaired) electrons. The van der Waals surface area contributed by atoms with Gasteiger partial charge in [-0.05, 0) is 19.3 Å². The molecule has 0 bridgehead atoms. The Morgan fingerprint density at radius 1 is 1.56 bits per heavy atom. The molecule has 2 nitrogen and oxygen atoms in total. The summed E-state index contributed by atoms with van der Waals surface area (Å²) in [5.74, 6) is -4.27. The summed E-state index contributed by atoms with van der Waals surface area (Å²) in [5.41, 5.74) is -0.100. The van der Waals surface area contributed by atoms with Crippen LogP contribution in [0.1, 0.15) is 42.6 Å². The van der Waals surface area contributed by atoms with Crippen LogP contribution in [0.5, 0.6) is 0 Å². The SMILES string of the molecule is C=C(C)Cn1nc(C(F)F)c2c1C(F)(F)C1CC21. The topological polar surface area (TPSA) is 17.8 Å². The zero-order valence-corrected chi connectivity index (χ0v) is 9.76. The molecule has 0 aromatic carbocycles. The summed E-state index contributed by atoms with van der Waals surface area (Å²) in [6.07, 6.45) is -2.52. The standard InChI is InChI=1S/C12H12F4N2/c1-5(2)4-18-10-8(9(17-18)11(13)14)6-3-7(6)12(10,15)16/h6-7,11H,1,3-4H2,2H3. The maximum atomic E-state index is 14.0. The molecule has 2 aliphatic carbocycles. The van der Waals surface area contributed by atoms with Gasteiger partial charge in [-0.25, -0.2) is 8.78 Å². The van der Waals surface area contributed by atoms with Gasteiger partial charge in [0.15, 0.2) is 0 Å². The van der Waals surface area contributed by atoms with Gasteiger partial charge in [0.05, 0.1) is 6.54 Å². The van der Waals surface area contributed by atoms with E-state index >= 15 is 0 Å². The Labute approximate surface area is 101 Å². The van der Waals surface area contributed by atoms with E-state index in [9.17, 15) is 17.6 Å². The summed E-state index contributed by atoms with van der Waals surface area (Å²) in [6, 6.07) is 0. The van der Waals surface area contributed by atoms with Crippen LogP contribution in [-0.2, 0) is 12.5 Å². The molecule has 98 valence electrons. The van der Waals surface area contributed by atoms with Crippen molar-refractivity contribution in [3.63, 3.8) is 0 Å². The number of rotatable bonds is 3. The highest BCUT2D eigenvalue weighted by molar-refractivity contribution is 5.46. The number of aromatic nitrogens is 2. The minimum absolute atomic E-state index is 0.0596. The normalized spacial score (nSPS) is 27.2. The molecule has 3 rings (SSSR count). The molecular formula is C12H12F4N2. The quantitative estimate of drug-likeness (QED) is 0.599. The molecule has 0 spiro atoms. The summed E-state index contributed by atoms with van der Waals surface area (Å²) in [6.45, 7) is 5.33. The van der Waals surface area contributed by atoms with Gasteiger partial charge in [0.25, 0.3) is 12.3 Å². The van der Waals surface area contributed by atoms with Crippen molar-refractivity contribution < 1.29 is 17.6 Å². The molecule has 0 aliphatic heterocycles. The van der Waals surface area contributed by atoms with E-state index in [1.165, 1.54) is 0 Å². The first-order valence-electron chi connectivity index (χ1n) is 5.75. The first-order valence-corrected chi connectivity index (χ1v) is 5.75. The number of fused-ring (bicyclic) bond motifs is 3. The van der Waals surface area contributed by atoms with Crippen LogP contribution in [0.3, 0.4) is 0 Å². The maximum Gasteiger partial charge on any atom is 0.293 e. The Kier molecular flexibility index (Phi) is 2.19. The van der Waals surface area contributed by atoms with E-state index in [-0.39, 0.29) is 17.8 Å². The second-order valence-corrected chi connectivity index (χ2v) is 5.13. The lowest BCUT2D eigenvalue weighted by molar-refractivity contribution is -0.0307. The monoisotopic (exact) mass is 260 g/mol. The highest BCUT2D eigenvalue weighted by atomic mass is 19.3. The van der Waals surface area contributed by atoms with Crippen molar-refractivity contribution in [3.05, 3.63) is 29.1 Å². The van der Waals surface area contributed by atoms with Gasteiger partial charge in [-0.15, -0.1) is 0 Å². The summed E-state index contributed by atoms with van der Waals surface area (Å²) in [7, 11) is 0. The van der Waals surface area contributed by atoms with Crippen molar-refractivity contribution >= 4 is 0 Å². The smallest absolute Gasteiger partial charge is 0.259 e. The molecule has 0 N–H and O–H groups in total. The van der Waals surface area contributed by atoms with E-state index in [1.54, 1.807) is 6.92 Å². The van der Waals surface area contributed by atoms with Gasteiger partial charge in [0.1, 0.15) is 11.4 Å². The molecule has 2 unspecified atom stereocenters. The molecule has 18 heavy (non-hydrogen) atoms. The van der Waals surface area contributed by atoms with Crippen LogP contribution in [0.25, 0.3) is 0 Å². The number of hydrogen-bond acceptors (Lipinski definition) is 1. The van der Waals surface area contributed by atoms with Crippen LogP contribution < -0.4 is 0 Å². The minimum Gasteiger partial charge on any atom is -0.259 e. The third-order valence-electron chi connectivity index (χ3n) is 3.59. The Morgan fingerprint density at radius 3 is 2.78 bits per heavy atom. The first-order chi connectivity index (χ1) is 8.34. The molecule has 1 fully saturated rings. The third-order valence-corrected chi connectivity index (χ3v) is 3.59. The Morgan fingerprint density at radius 2 is 2.22 bits per heavy atom. The second kappa shape index (κ2) is 3.36. The summed E-state index contributed by atoms with van der Waals surface area (Å²) in [4.78, 5) is 0. The van der Waals surface area contributed by atoms with Gasteiger partial charge >= 0.3 is 0 Å². The molecule has 2 atom stereocenters. The van der Waals surface area contributed by atoms with Gasteiger partial charge in [-0.3, -0.25) is 4.68 Å². The Balaban J connectivity index is 2.16. The number of nitrogens with zero attached hydrogens (tertiary/aromatic N) is 2. The highest BCUT2D eigenvalue weighted by Gasteiger charge is 2.67. The fourth-order valence-corrected chi connectivity index (χ4v) is 2.83. The van der Waals surface area contributed by atoms with Crippen molar-refractivity contribution in [2.45, 2.75) is 38.2 Å². The van der Waals surface area contributed by atoms with Crippen LogP contribution in [0.15, 0.2) is 12.2 Å². The zero-order chi connectivity index (χ0) is 13.2. The van der Waals surface area contributed by atoms with Gasteiger partial charge in [0.2, 0.25) is 0 Å². The van der Waals surface area contributed by atoms with E-state index in [1.807, 2.05) is 0 Å². The number of hydrogen-bond donors (Lipinski definition) is 0. The molecule has 6 heteroatoms. The van der Waals surface area contributed by atoms with Gasteiger partial charge < -0.3 is 0 Å². The van der Waals surface area contributed by atoms with Gasteiger partial charge in [-0.2, -0.15) is 13.9 Å². The lowest BCUT2D eigenvalue weighted by Crippen LogP contribution is -2.20. The molecule has 0 amide bonds. The summed E-state index contributed by atoms with van der Waals surface area (Å²) < 4.78 is 54.8. The van der Waals surface area contributed by atoms with E-state index < -0.39 is 29.9 Å². The Hall–Kier alpha value is -1.33. The molecule has 1 aromatic rings. The molecule has 0 saturated heterocycles. The summed E-state index contributed by atoms with van der Waals surface area (Å²) >= 11 is 0. The predicted molar refractivity (Wildman–Crippen MR) is 56.7 cm³/mol. The van der Waals surface area contributed by atoms with Crippen LogP contribution >= 0.6 is 0 Å². The third kappa shape index (κ3) is 1.37. The lowest BCUT2D eigenvalue weighted by atomic mass is 10.1. The summed E-state index contributed by atoms with van der Waals surface area (Å²) in [5, 5.41) is 3.67. The maximum absolute atomic E-state index is 14.0. The predicted octanol–water partition coefficient (Wildman–Crippen LogP) is 3.61. The molecule has 2 aliphatic rings. The molecule has 1 aromatic heterocycles. The Bertz CT molecular complexity index is 532. The van der Waals surface area contributed by atoms with E-state index in [4.69, 9.17) is 0 Å². The van der Waals surface area contributed by atoms with Crippen LogP contribution in [0, 0.1) is 5.92 Å². The lowest BCUT2D eigenvalue weighted by Gasteiger charge is -2.15. The van der Waals surface area contributed by atoms with E-state index in [0.717, 1.165) is 4.68 Å². The van der Waals surface area contributed by atoms with Crippen molar-refractivity contribution in [2.24, 2.45) is 5.92 Å². The second-order valence-electron chi connectivity index (χ2n) is 5.13. The van der Waals surface area contributed by atoms with E-state index in [0.29, 0.717) is 12.0 Å². The van der Waals surface area contributed by atoms with E-state index in [2.05, 4.69) is 11.7 Å². The van der Waals surface area contributed by atoms with Crippen molar-refractivity contribution in [1.29, 1.82) is 0 Å². The average Bonchev–Trinajstić information content (AvgIpc) is 2.88. The van der Waals surface area contributed by atoms with Gasteiger partial charge in [-0.1, -0.05) is 12.2 Å². The van der Waals surface area contributed by atoms with Crippen molar-refractivity contribution in [2.75, 3.05) is 0 Å². The van der Waals surface area contributed by atoms with Gasteiger partial charge in [0, 0.05) is 11.5 Å². The molecule has 1 saturated carbocycles. The zero-order valence-electron chi connectivity index (χ0n) is 9.76. The number of alkyl halides is 4.